The Balaban J connectivity index is 4.00. The monoisotopic (exact) mass is 151 g/mol. The van der Waals surface area contributed by atoms with Crippen molar-refractivity contribution in [1.82, 2.24) is 0 Å². The molecule has 0 aliphatic carbocycles. The van der Waals surface area contributed by atoms with E-state index in [0.29, 0.717) is 10.2 Å². The van der Waals surface area contributed by atoms with Gasteiger partial charge in [0.05, 0.1) is 5.03 Å². The Morgan fingerprint density at radius 3 is 2.12 bits per heavy atom. The van der Waals surface area contributed by atoms with Gasteiger partial charge in [0.25, 0.3) is 0 Å². The molecule has 0 aromatic carbocycles. The van der Waals surface area contributed by atoms with Gasteiger partial charge in [0.2, 0.25) is 0 Å². The molecule has 0 amide bonds. The Kier molecular flexibility index (Phi) is 3.92. The summed E-state index contributed by atoms with van der Waals surface area (Å²) in [5, 5.41) is 0.874. The van der Waals surface area contributed by atoms with Gasteiger partial charge in [-0.25, -0.2) is 4.99 Å². The second kappa shape index (κ2) is 3.93. The first-order valence-electron chi connectivity index (χ1n) is 2.19. The zero-order valence-corrected chi connectivity index (χ0v) is 6.29. The van der Waals surface area contributed by atoms with E-state index in [1.165, 1.54) is 0 Å². The predicted molar refractivity (Wildman–Crippen MR) is 38.6 cm³/mol. The van der Waals surface area contributed by atoms with Gasteiger partial charge in [0.15, 0.2) is 0 Å². The van der Waals surface area contributed by atoms with Crippen LogP contribution in [0.3, 0.4) is 0 Å². The number of halogens is 2. The van der Waals surface area contributed by atoms with Crippen molar-refractivity contribution >= 4 is 29.4 Å². The van der Waals surface area contributed by atoms with Crippen molar-refractivity contribution in [3.05, 3.63) is 10.2 Å². The van der Waals surface area contributed by atoms with Gasteiger partial charge in [-0.2, -0.15) is 0 Å². The summed E-state index contributed by atoms with van der Waals surface area (Å²) in [6.45, 7) is 3.47. The number of hydrogen-bond acceptors (Lipinski definition) is 1. The standard InChI is InChI=1S/C5H7Cl2N/c1-3-8-5(7)4(2)6/h3H,1-2H3/b5-4+,8-3?. The smallest absolute Gasteiger partial charge is 0.142 e. The molecule has 0 heterocycles. The van der Waals surface area contributed by atoms with Crippen LogP contribution in [0.2, 0.25) is 0 Å². The topological polar surface area (TPSA) is 12.4 Å². The van der Waals surface area contributed by atoms with Crippen molar-refractivity contribution in [2.45, 2.75) is 13.8 Å². The van der Waals surface area contributed by atoms with Crippen LogP contribution in [-0.4, -0.2) is 6.21 Å². The molecule has 0 bridgehead atoms. The van der Waals surface area contributed by atoms with E-state index >= 15 is 0 Å². The molecule has 0 rings (SSSR count). The van der Waals surface area contributed by atoms with Crippen LogP contribution in [0.25, 0.3) is 0 Å². The lowest BCUT2D eigenvalue weighted by Crippen LogP contribution is -1.66. The zero-order chi connectivity index (χ0) is 6.57. The van der Waals surface area contributed by atoms with Crippen molar-refractivity contribution in [2.24, 2.45) is 4.99 Å². The van der Waals surface area contributed by atoms with Crippen LogP contribution in [0.4, 0.5) is 0 Å². The Labute approximate surface area is 59.0 Å². The van der Waals surface area contributed by atoms with Crippen LogP contribution in [0, 0.1) is 0 Å². The minimum atomic E-state index is 0.356. The summed E-state index contributed by atoms with van der Waals surface area (Å²) in [7, 11) is 0. The molecule has 0 spiro atoms. The van der Waals surface area contributed by atoms with Crippen LogP contribution in [0.1, 0.15) is 13.8 Å². The van der Waals surface area contributed by atoms with Gasteiger partial charge in [0.1, 0.15) is 5.16 Å². The molecule has 3 heteroatoms. The SMILES string of the molecule is CC=N/C(Cl)=C(\C)Cl. The van der Waals surface area contributed by atoms with E-state index in [1.54, 1.807) is 20.1 Å². The number of hydrogen-bond donors (Lipinski definition) is 0. The van der Waals surface area contributed by atoms with Crippen LogP contribution < -0.4 is 0 Å². The lowest BCUT2D eigenvalue weighted by molar-refractivity contribution is 1.45. The zero-order valence-electron chi connectivity index (χ0n) is 4.78. The first kappa shape index (κ1) is 7.99. The van der Waals surface area contributed by atoms with E-state index in [9.17, 15) is 0 Å². The first-order valence-corrected chi connectivity index (χ1v) is 2.94. The molecular formula is C5H7Cl2N. The molecule has 0 aromatic heterocycles. The van der Waals surface area contributed by atoms with Gasteiger partial charge >= 0.3 is 0 Å². The van der Waals surface area contributed by atoms with Gasteiger partial charge in [-0.15, -0.1) is 0 Å². The lowest BCUT2D eigenvalue weighted by atomic mass is 10.7. The molecule has 0 aliphatic heterocycles. The fourth-order valence-corrected chi connectivity index (χ4v) is 0.349. The fraction of sp³-hybridized carbons (Fsp3) is 0.400. The van der Waals surface area contributed by atoms with Gasteiger partial charge in [0, 0.05) is 6.21 Å². The summed E-state index contributed by atoms with van der Waals surface area (Å²) in [6, 6.07) is 0. The lowest BCUT2D eigenvalue weighted by Gasteiger charge is -1.86. The van der Waals surface area contributed by atoms with E-state index in [4.69, 9.17) is 23.2 Å². The molecule has 0 unspecified atom stereocenters. The number of nitrogens with zero attached hydrogens (tertiary/aromatic N) is 1. The normalized spacial score (nSPS) is 14.5. The molecule has 0 saturated carbocycles. The van der Waals surface area contributed by atoms with E-state index in [0.717, 1.165) is 0 Å². The summed E-state index contributed by atoms with van der Waals surface area (Å²) in [5.41, 5.74) is 0. The highest BCUT2D eigenvalue weighted by atomic mass is 35.5. The molecule has 0 radical (unpaired) electrons. The average molecular weight is 152 g/mol. The van der Waals surface area contributed by atoms with E-state index in [1.807, 2.05) is 0 Å². The molecule has 0 aromatic rings. The van der Waals surface area contributed by atoms with E-state index in [2.05, 4.69) is 4.99 Å². The molecule has 46 valence electrons. The third-order valence-electron chi connectivity index (χ3n) is 0.527. The third-order valence-corrected chi connectivity index (χ3v) is 1.18. The highest BCUT2D eigenvalue weighted by Gasteiger charge is 1.88. The molecule has 0 fully saturated rings. The molecule has 1 nitrogen and oxygen atoms in total. The molecular weight excluding hydrogens is 145 g/mol. The highest BCUT2D eigenvalue weighted by molar-refractivity contribution is 6.38. The van der Waals surface area contributed by atoms with Crippen molar-refractivity contribution in [3.63, 3.8) is 0 Å². The maximum atomic E-state index is 5.47. The van der Waals surface area contributed by atoms with Gasteiger partial charge < -0.3 is 0 Å². The first-order chi connectivity index (χ1) is 3.68. The second-order valence-corrected chi connectivity index (χ2v) is 2.14. The van der Waals surface area contributed by atoms with Crippen LogP contribution in [0.5, 0.6) is 0 Å². The summed E-state index contributed by atoms with van der Waals surface area (Å²) in [5.74, 6) is 0. The molecule has 8 heavy (non-hydrogen) atoms. The maximum absolute atomic E-state index is 5.47. The Morgan fingerprint density at radius 2 is 2.00 bits per heavy atom. The highest BCUT2D eigenvalue weighted by Crippen LogP contribution is 2.12. The summed E-state index contributed by atoms with van der Waals surface area (Å²) in [6.07, 6.45) is 1.59. The van der Waals surface area contributed by atoms with Gasteiger partial charge in [-0.05, 0) is 13.8 Å². The Hall–Kier alpha value is -0.0100. The van der Waals surface area contributed by atoms with E-state index < -0.39 is 0 Å². The average Bonchev–Trinajstić information content (AvgIpc) is 1.67. The van der Waals surface area contributed by atoms with Crippen molar-refractivity contribution in [2.75, 3.05) is 0 Å². The van der Waals surface area contributed by atoms with Crippen molar-refractivity contribution in [1.29, 1.82) is 0 Å². The quantitative estimate of drug-likeness (QED) is 0.404. The van der Waals surface area contributed by atoms with Gasteiger partial charge in [-0.3, -0.25) is 0 Å². The van der Waals surface area contributed by atoms with Crippen LogP contribution >= 0.6 is 23.2 Å². The Morgan fingerprint density at radius 1 is 1.50 bits per heavy atom. The predicted octanol–water partition coefficient (Wildman–Crippen LogP) is 2.74. The number of aliphatic imine (C=N–C) groups is 1. The minimum absolute atomic E-state index is 0.356. The summed E-state index contributed by atoms with van der Waals surface area (Å²) in [4.78, 5) is 3.71. The van der Waals surface area contributed by atoms with Crippen molar-refractivity contribution < 1.29 is 0 Å². The molecule has 0 N–H and O–H groups in total. The number of allylic oxidation sites excluding steroid dienone is 1. The minimum Gasteiger partial charge on any atom is -0.248 e. The molecule has 0 atom stereocenters. The molecule has 0 aliphatic rings. The third kappa shape index (κ3) is 3.05. The maximum Gasteiger partial charge on any atom is 0.142 e. The second-order valence-electron chi connectivity index (χ2n) is 1.21. The van der Waals surface area contributed by atoms with Crippen LogP contribution in [-0.2, 0) is 0 Å². The fourth-order valence-electron chi connectivity index (χ4n) is 0.202. The largest absolute Gasteiger partial charge is 0.248 e. The van der Waals surface area contributed by atoms with Crippen LogP contribution in [0.15, 0.2) is 15.2 Å². The summed E-state index contributed by atoms with van der Waals surface area (Å²) >= 11 is 10.9. The van der Waals surface area contributed by atoms with Crippen molar-refractivity contribution in [3.8, 4) is 0 Å². The van der Waals surface area contributed by atoms with Gasteiger partial charge in [-0.1, -0.05) is 23.2 Å². The Bertz CT molecular complexity index is 122. The molecule has 0 saturated heterocycles. The van der Waals surface area contributed by atoms with E-state index in [-0.39, 0.29) is 0 Å². The number of rotatable bonds is 1. The summed E-state index contributed by atoms with van der Waals surface area (Å²) < 4.78 is 0.